The minimum absolute atomic E-state index is 0.179. The summed E-state index contributed by atoms with van der Waals surface area (Å²) >= 11 is 8.22. The Labute approximate surface area is 130 Å². The van der Waals surface area contributed by atoms with Crippen LogP contribution in [0.15, 0.2) is 46.9 Å². The molecule has 5 heteroatoms. The number of rotatable bonds is 5. The first-order chi connectivity index (χ1) is 9.54. The third kappa shape index (κ3) is 4.37. The lowest BCUT2D eigenvalue weighted by Crippen LogP contribution is -2.10. The van der Waals surface area contributed by atoms with E-state index in [0.29, 0.717) is 24.3 Å². The molecule has 0 atom stereocenters. The summed E-state index contributed by atoms with van der Waals surface area (Å²) < 4.78 is 20.0. The molecule has 2 nitrogen and oxygen atoms in total. The molecular weight excluding hydrogens is 341 g/mol. The van der Waals surface area contributed by atoms with Crippen LogP contribution in [-0.4, -0.2) is 4.99 Å². The number of halogens is 2. The highest BCUT2D eigenvalue weighted by molar-refractivity contribution is 9.10. The van der Waals surface area contributed by atoms with E-state index >= 15 is 0 Å². The van der Waals surface area contributed by atoms with Crippen molar-refractivity contribution in [3.05, 3.63) is 69.4 Å². The molecule has 0 saturated heterocycles. The van der Waals surface area contributed by atoms with E-state index in [1.807, 2.05) is 24.3 Å². The summed E-state index contributed by atoms with van der Waals surface area (Å²) in [6.07, 6.45) is 0. The predicted molar refractivity (Wildman–Crippen MR) is 84.9 cm³/mol. The van der Waals surface area contributed by atoms with Crippen LogP contribution in [0.25, 0.3) is 0 Å². The predicted octanol–water partition coefficient (Wildman–Crippen LogP) is 3.94. The Morgan fingerprint density at radius 2 is 1.75 bits per heavy atom. The van der Waals surface area contributed by atoms with Crippen molar-refractivity contribution in [1.29, 1.82) is 0 Å². The summed E-state index contributed by atoms with van der Waals surface area (Å²) in [5, 5.41) is 0. The largest absolute Gasteiger partial charge is 0.389 e. The molecule has 2 rings (SSSR count). The van der Waals surface area contributed by atoms with Crippen molar-refractivity contribution in [3.8, 4) is 0 Å². The van der Waals surface area contributed by atoms with Crippen molar-refractivity contribution in [2.24, 2.45) is 5.73 Å². The molecule has 0 radical (unpaired) electrons. The smallest absolute Gasteiger partial charge is 0.124 e. The third-order valence-corrected chi connectivity index (χ3v) is 3.46. The van der Waals surface area contributed by atoms with Gasteiger partial charge in [-0.1, -0.05) is 40.3 Å². The second-order valence-electron chi connectivity index (χ2n) is 4.33. The minimum atomic E-state index is -0.363. The summed E-state index contributed by atoms with van der Waals surface area (Å²) in [6.45, 7) is 0.773. The molecule has 0 aromatic heterocycles. The SMILES string of the molecule is NC(=S)c1cc(F)cc(COCc2ccc(Br)cc2)c1. The Morgan fingerprint density at radius 1 is 1.10 bits per heavy atom. The van der Waals surface area contributed by atoms with E-state index in [0.717, 1.165) is 10.0 Å². The standard InChI is InChI=1S/C15H13BrFNOS/c16-13-3-1-10(2-4-13)8-19-9-11-5-12(15(18)20)7-14(17)6-11/h1-7H,8-9H2,(H2,18,20). The summed E-state index contributed by atoms with van der Waals surface area (Å²) in [5.41, 5.74) is 7.79. The molecule has 0 fully saturated rings. The van der Waals surface area contributed by atoms with Crippen LogP contribution in [-0.2, 0) is 18.0 Å². The molecule has 0 heterocycles. The molecule has 0 aliphatic rings. The van der Waals surface area contributed by atoms with Crippen LogP contribution < -0.4 is 5.73 Å². The second-order valence-corrected chi connectivity index (χ2v) is 5.69. The molecule has 0 unspecified atom stereocenters. The Kier molecular flexibility index (Phi) is 5.23. The van der Waals surface area contributed by atoms with E-state index < -0.39 is 0 Å². The van der Waals surface area contributed by atoms with E-state index in [-0.39, 0.29) is 10.8 Å². The van der Waals surface area contributed by atoms with Crippen molar-refractivity contribution < 1.29 is 9.13 Å². The molecule has 2 N–H and O–H groups in total. The minimum Gasteiger partial charge on any atom is -0.389 e. The fourth-order valence-electron chi connectivity index (χ4n) is 1.74. The zero-order chi connectivity index (χ0) is 14.5. The Bertz CT molecular complexity index is 616. The van der Waals surface area contributed by atoms with Gasteiger partial charge in [-0.2, -0.15) is 0 Å². The van der Waals surface area contributed by atoms with Crippen LogP contribution in [0.4, 0.5) is 4.39 Å². The first kappa shape index (κ1) is 15.1. The average molecular weight is 354 g/mol. The number of nitrogens with two attached hydrogens (primary N) is 1. The lowest BCUT2D eigenvalue weighted by atomic mass is 10.1. The van der Waals surface area contributed by atoms with Crippen LogP contribution >= 0.6 is 28.1 Å². The van der Waals surface area contributed by atoms with Crippen LogP contribution in [0.5, 0.6) is 0 Å². The fourth-order valence-corrected chi connectivity index (χ4v) is 2.13. The number of hydrogen-bond acceptors (Lipinski definition) is 2. The molecule has 0 aliphatic heterocycles. The number of hydrogen-bond donors (Lipinski definition) is 1. The van der Waals surface area contributed by atoms with E-state index in [4.69, 9.17) is 22.7 Å². The van der Waals surface area contributed by atoms with E-state index in [9.17, 15) is 4.39 Å². The van der Waals surface area contributed by atoms with Gasteiger partial charge in [0.25, 0.3) is 0 Å². The van der Waals surface area contributed by atoms with Gasteiger partial charge in [0.15, 0.2) is 0 Å². The molecule has 0 saturated carbocycles. The highest BCUT2D eigenvalue weighted by Crippen LogP contribution is 2.14. The fraction of sp³-hybridized carbons (Fsp3) is 0.133. The average Bonchev–Trinajstić information content (AvgIpc) is 2.40. The molecule has 2 aromatic carbocycles. The summed E-state index contributed by atoms with van der Waals surface area (Å²) in [7, 11) is 0. The van der Waals surface area contributed by atoms with Gasteiger partial charge in [0.05, 0.1) is 13.2 Å². The molecular formula is C15H13BrFNOS. The van der Waals surface area contributed by atoms with Crippen molar-refractivity contribution in [3.63, 3.8) is 0 Å². The van der Waals surface area contributed by atoms with Crippen molar-refractivity contribution >= 4 is 33.1 Å². The van der Waals surface area contributed by atoms with Gasteiger partial charge in [-0.25, -0.2) is 4.39 Å². The maximum absolute atomic E-state index is 13.4. The van der Waals surface area contributed by atoms with Gasteiger partial charge in [0, 0.05) is 10.0 Å². The third-order valence-electron chi connectivity index (χ3n) is 2.69. The zero-order valence-corrected chi connectivity index (χ0v) is 13.0. The van der Waals surface area contributed by atoms with Gasteiger partial charge >= 0.3 is 0 Å². The number of thiocarbonyl (C=S) groups is 1. The van der Waals surface area contributed by atoms with Crippen LogP contribution in [0.2, 0.25) is 0 Å². The molecule has 0 amide bonds. The molecule has 20 heavy (non-hydrogen) atoms. The molecule has 2 aromatic rings. The highest BCUT2D eigenvalue weighted by Gasteiger charge is 2.03. The Morgan fingerprint density at radius 3 is 2.40 bits per heavy atom. The maximum atomic E-state index is 13.4. The van der Waals surface area contributed by atoms with Crippen LogP contribution in [0, 0.1) is 5.82 Å². The van der Waals surface area contributed by atoms with Gasteiger partial charge < -0.3 is 10.5 Å². The van der Waals surface area contributed by atoms with E-state index in [2.05, 4.69) is 15.9 Å². The zero-order valence-electron chi connectivity index (χ0n) is 10.6. The monoisotopic (exact) mass is 353 g/mol. The van der Waals surface area contributed by atoms with Crippen molar-refractivity contribution in [2.45, 2.75) is 13.2 Å². The number of ether oxygens (including phenoxy) is 1. The van der Waals surface area contributed by atoms with Crippen molar-refractivity contribution in [2.75, 3.05) is 0 Å². The maximum Gasteiger partial charge on any atom is 0.124 e. The van der Waals surface area contributed by atoms with Crippen molar-refractivity contribution in [1.82, 2.24) is 0 Å². The van der Waals surface area contributed by atoms with Crippen LogP contribution in [0.3, 0.4) is 0 Å². The first-order valence-electron chi connectivity index (χ1n) is 5.96. The number of benzene rings is 2. The molecule has 104 valence electrons. The van der Waals surface area contributed by atoms with Crippen LogP contribution in [0.1, 0.15) is 16.7 Å². The van der Waals surface area contributed by atoms with Gasteiger partial charge in [-0.15, -0.1) is 0 Å². The van der Waals surface area contributed by atoms with Gasteiger partial charge in [-0.05, 0) is 41.5 Å². The van der Waals surface area contributed by atoms with Gasteiger partial charge in [0.2, 0.25) is 0 Å². The van der Waals surface area contributed by atoms with Gasteiger partial charge in [0.1, 0.15) is 10.8 Å². The van der Waals surface area contributed by atoms with E-state index in [1.165, 1.54) is 12.1 Å². The summed E-state index contributed by atoms with van der Waals surface area (Å²) in [6, 6.07) is 12.3. The topological polar surface area (TPSA) is 35.2 Å². The first-order valence-corrected chi connectivity index (χ1v) is 7.16. The lowest BCUT2D eigenvalue weighted by molar-refractivity contribution is 0.107. The second kappa shape index (κ2) is 6.92. The molecule has 0 spiro atoms. The normalized spacial score (nSPS) is 10.5. The Hall–Kier alpha value is -1.30. The quantitative estimate of drug-likeness (QED) is 0.826. The molecule has 0 aliphatic carbocycles. The summed E-state index contributed by atoms with van der Waals surface area (Å²) in [5.74, 6) is -0.363. The van der Waals surface area contributed by atoms with E-state index in [1.54, 1.807) is 6.07 Å². The lowest BCUT2D eigenvalue weighted by Gasteiger charge is -2.07. The summed E-state index contributed by atoms with van der Waals surface area (Å²) in [4.78, 5) is 0.179. The molecule has 0 bridgehead atoms. The Balaban J connectivity index is 1.97. The highest BCUT2D eigenvalue weighted by atomic mass is 79.9. The van der Waals surface area contributed by atoms with Gasteiger partial charge in [-0.3, -0.25) is 0 Å².